The van der Waals surface area contributed by atoms with Crippen LogP contribution in [0.3, 0.4) is 0 Å². The van der Waals surface area contributed by atoms with E-state index in [0.717, 1.165) is 11.1 Å². The lowest BCUT2D eigenvalue weighted by Crippen LogP contribution is -2.28. The maximum atomic E-state index is 12.9. The van der Waals surface area contributed by atoms with E-state index in [9.17, 15) is 9.59 Å². The Balaban J connectivity index is 1.35. The lowest BCUT2D eigenvalue weighted by molar-refractivity contribution is -0.123. The summed E-state index contributed by atoms with van der Waals surface area (Å²) in [5.41, 5.74) is 2.38. The SMILES string of the molecule is O=C(COc1ccc(/C=C2\SC(=S)N(c3ccc(Cl)c(Cl)c3)C2=O)cc1)NCc1ccccc1. The van der Waals surface area contributed by atoms with Gasteiger partial charge in [0.1, 0.15) is 5.75 Å². The third-order valence-corrected chi connectivity index (χ3v) is 6.88. The average Bonchev–Trinajstić information content (AvgIpc) is 3.12. The fraction of sp³-hybridized carbons (Fsp3) is 0.0800. The standard InChI is InChI=1S/C25H18Cl2N2O3S2/c26-20-11-8-18(13-21(20)27)29-24(31)22(34-25(29)33)12-16-6-9-19(10-7-16)32-15-23(30)28-14-17-4-2-1-3-5-17/h1-13H,14-15H2,(H,28,30)/b22-12-. The fourth-order valence-electron chi connectivity index (χ4n) is 3.12. The summed E-state index contributed by atoms with van der Waals surface area (Å²) in [6, 6.07) is 21.7. The largest absolute Gasteiger partial charge is 0.484 e. The van der Waals surface area contributed by atoms with Crippen LogP contribution in [0.4, 0.5) is 5.69 Å². The minimum atomic E-state index is -0.233. The highest BCUT2D eigenvalue weighted by molar-refractivity contribution is 8.27. The van der Waals surface area contributed by atoms with E-state index in [1.807, 2.05) is 42.5 Å². The smallest absolute Gasteiger partial charge is 0.270 e. The Morgan fingerprint density at radius 1 is 1.03 bits per heavy atom. The Morgan fingerprint density at radius 2 is 1.76 bits per heavy atom. The van der Waals surface area contributed by atoms with Crippen molar-refractivity contribution in [2.75, 3.05) is 11.5 Å². The number of thioether (sulfide) groups is 1. The number of anilines is 1. The predicted molar refractivity (Wildman–Crippen MR) is 142 cm³/mol. The highest BCUT2D eigenvalue weighted by Crippen LogP contribution is 2.38. The molecule has 3 aromatic carbocycles. The first kappa shape index (κ1) is 24.3. The van der Waals surface area contributed by atoms with E-state index in [-0.39, 0.29) is 18.4 Å². The molecule has 5 nitrogen and oxygen atoms in total. The van der Waals surface area contributed by atoms with Gasteiger partial charge in [0.05, 0.1) is 20.6 Å². The molecule has 1 aliphatic rings. The minimum absolute atomic E-state index is 0.0888. The molecule has 9 heteroatoms. The Morgan fingerprint density at radius 3 is 2.47 bits per heavy atom. The maximum absolute atomic E-state index is 12.9. The minimum Gasteiger partial charge on any atom is -0.484 e. The molecular formula is C25H18Cl2N2O3S2. The zero-order valence-electron chi connectivity index (χ0n) is 17.7. The van der Waals surface area contributed by atoms with Crippen LogP contribution in [-0.2, 0) is 16.1 Å². The zero-order valence-corrected chi connectivity index (χ0v) is 20.8. The van der Waals surface area contributed by atoms with Crippen LogP contribution < -0.4 is 15.0 Å². The summed E-state index contributed by atoms with van der Waals surface area (Å²) >= 11 is 18.7. The average molecular weight is 529 g/mol. The van der Waals surface area contributed by atoms with Crippen LogP contribution in [-0.4, -0.2) is 22.7 Å². The van der Waals surface area contributed by atoms with Gasteiger partial charge in [-0.25, -0.2) is 0 Å². The Labute approximate surface area is 216 Å². The van der Waals surface area contributed by atoms with E-state index in [1.165, 1.54) is 16.7 Å². The number of halogens is 2. The number of ether oxygens (including phenoxy) is 1. The molecule has 3 aromatic rings. The van der Waals surface area contributed by atoms with Crippen LogP contribution in [0.5, 0.6) is 5.75 Å². The molecule has 0 aromatic heterocycles. The summed E-state index contributed by atoms with van der Waals surface area (Å²) in [6.07, 6.45) is 1.76. The van der Waals surface area contributed by atoms with Crippen molar-refractivity contribution in [3.63, 3.8) is 0 Å². The molecule has 1 fully saturated rings. The second-order valence-electron chi connectivity index (χ2n) is 7.24. The van der Waals surface area contributed by atoms with Gasteiger partial charge in [-0.2, -0.15) is 0 Å². The highest BCUT2D eigenvalue weighted by Gasteiger charge is 2.33. The molecular weight excluding hydrogens is 511 g/mol. The van der Waals surface area contributed by atoms with E-state index < -0.39 is 0 Å². The van der Waals surface area contributed by atoms with Crippen molar-refractivity contribution < 1.29 is 14.3 Å². The van der Waals surface area contributed by atoms with Gasteiger partial charge in [0.25, 0.3) is 11.8 Å². The molecule has 0 radical (unpaired) electrons. The van der Waals surface area contributed by atoms with Crippen molar-refractivity contribution in [3.8, 4) is 5.75 Å². The van der Waals surface area contributed by atoms with Gasteiger partial charge < -0.3 is 10.1 Å². The molecule has 2 amide bonds. The molecule has 1 saturated heterocycles. The molecule has 0 saturated carbocycles. The number of carbonyl (C=O) groups excluding carboxylic acids is 2. The maximum Gasteiger partial charge on any atom is 0.270 e. The molecule has 0 unspecified atom stereocenters. The number of nitrogens with zero attached hydrogens (tertiary/aromatic N) is 1. The van der Waals surface area contributed by atoms with Crippen LogP contribution in [0.15, 0.2) is 77.7 Å². The van der Waals surface area contributed by atoms with Crippen molar-refractivity contribution in [2.45, 2.75) is 6.54 Å². The molecule has 0 spiro atoms. The summed E-state index contributed by atoms with van der Waals surface area (Å²) in [7, 11) is 0. The van der Waals surface area contributed by atoms with Crippen molar-refractivity contribution in [1.29, 1.82) is 0 Å². The zero-order chi connectivity index (χ0) is 24.1. The molecule has 0 atom stereocenters. The Kier molecular flexibility index (Phi) is 7.90. The monoisotopic (exact) mass is 528 g/mol. The van der Waals surface area contributed by atoms with Crippen LogP contribution in [0.25, 0.3) is 6.08 Å². The third-order valence-electron chi connectivity index (χ3n) is 4.84. The number of carbonyl (C=O) groups is 2. The lowest BCUT2D eigenvalue weighted by Gasteiger charge is -2.15. The molecule has 172 valence electrons. The summed E-state index contributed by atoms with van der Waals surface area (Å²) in [5.74, 6) is 0.109. The number of rotatable bonds is 7. The normalized spacial score (nSPS) is 14.5. The summed E-state index contributed by atoms with van der Waals surface area (Å²) in [6.45, 7) is 0.358. The Bertz CT molecular complexity index is 1260. The summed E-state index contributed by atoms with van der Waals surface area (Å²) < 4.78 is 5.97. The van der Waals surface area contributed by atoms with E-state index >= 15 is 0 Å². The molecule has 1 aliphatic heterocycles. The van der Waals surface area contributed by atoms with E-state index in [2.05, 4.69) is 5.32 Å². The topological polar surface area (TPSA) is 58.6 Å². The number of hydrogen-bond acceptors (Lipinski definition) is 5. The number of thiocarbonyl (C=S) groups is 1. The van der Waals surface area contributed by atoms with E-state index in [4.69, 9.17) is 40.2 Å². The van der Waals surface area contributed by atoms with Crippen molar-refractivity contribution in [1.82, 2.24) is 5.32 Å². The second-order valence-corrected chi connectivity index (χ2v) is 9.73. The van der Waals surface area contributed by atoms with E-state index in [0.29, 0.717) is 37.3 Å². The Hall–Kier alpha value is -2.84. The van der Waals surface area contributed by atoms with Gasteiger partial charge in [-0.3, -0.25) is 14.5 Å². The second kappa shape index (κ2) is 11.1. The van der Waals surface area contributed by atoms with Crippen molar-refractivity contribution >= 4 is 75.1 Å². The predicted octanol–water partition coefficient (Wildman–Crippen LogP) is 6.09. The fourth-order valence-corrected chi connectivity index (χ4v) is 4.71. The van der Waals surface area contributed by atoms with Gasteiger partial charge in [0.2, 0.25) is 0 Å². The molecule has 34 heavy (non-hydrogen) atoms. The first-order chi connectivity index (χ1) is 16.4. The lowest BCUT2D eigenvalue weighted by atomic mass is 10.2. The van der Waals surface area contributed by atoms with Gasteiger partial charge in [-0.1, -0.05) is 89.6 Å². The van der Waals surface area contributed by atoms with Crippen molar-refractivity contribution in [2.24, 2.45) is 0 Å². The van der Waals surface area contributed by atoms with Crippen LogP contribution in [0, 0.1) is 0 Å². The van der Waals surface area contributed by atoms with Gasteiger partial charge in [0, 0.05) is 6.54 Å². The van der Waals surface area contributed by atoms with Gasteiger partial charge in [0.15, 0.2) is 10.9 Å². The van der Waals surface area contributed by atoms with Crippen LogP contribution in [0.2, 0.25) is 10.0 Å². The number of nitrogens with one attached hydrogen (secondary N) is 1. The molecule has 1 N–H and O–H groups in total. The molecule has 0 aliphatic carbocycles. The van der Waals surface area contributed by atoms with Gasteiger partial charge >= 0.3 is 0 Å². The highest BCUT2D eigenvalue weighted by atomic mass is 35.5. The first-order valence-electron chi connectivity index (χ1n) is 10.2. The van der Waals surface area contributed by atoms with Crippen LogP contribution in [0.1, 0.15) is 11.1 Å². The third kappa shape index (κ3) is 5.98. The van der Waals surface area contributed by atoms with Crippen molar-refractivity contribution in [3.05, 3.63) is 98.9 Å². The summed E-state index contributed by atoms with van der Waals surface area (Å²) in [5, 5.41) is 3.57. The summed E-state index contributed by atoms with van der Waals surface area (Å²) in [4.78, 5) is 26.9. The van der Waals surface area contributed by atoms with Gasteiger partial charge in [-0.05, 0) is 47.5 Å². The number of hydrogen-bond donors (Lipinski definition) is 1. The van der Waals surface area contributed by atoms with Gasteiger partial charge in [-0.15, -0.1) is 0 Å². The van der Waals surface area contributed by atoms with E-state index in [1.54, 1.807) is 36.4 Å². The van der Waals surface area contributed by atoms with Crippen LogP contribution >= 0.6 is 47.2 Å². The number of benzene rings is 3. The molecule has 0 bridgehead atoms. The molecule has 1 heterocycles. The number of amides is 2. The quantitative estimate of drug-likeness (QED) is 0.296. The first-order valence-corrected chi connectivity index (χ1v) is 12.2. The molecule has 4 rings (SSSR count).